The molecule has 1 aromatic rings. The van der Waals surface area contributed by atoms with E-state index in [-0.39, 0.29) is 10.5 Å². The van der Waals surface area contributed by atoms with Crippen molar-refractivity contribution >= 4 is 10.0 Å². The van der Waals surface area contributed by atoms with Gasteiger partial charge >= 0.3 is 0 Å². The van der Waals surface area contributed by atoms with Crippen molar-refractivity contribution in [2.75, 3.05) is 6.54 Å². The third kappa shape index (κ3) is 3.31. The second-order valence-corrected chi connectivity index (χ2v) is 6.33. The van der Waals surface area contributed by atoms with Crippen LogP contribution in [0.3, 0.4) is 0 Å². The van der Waals surface area contributed by atoms with Gasteiger partial charge in [0.15, 0.2) is 0 Å². The molecule has 1 N–H and O–H groups in total. The van der Waals surface area contributed by atoms with Crippen LogP contribution in [0.25, 0.3) is 0 Å². The first-order valence-electron chi connectivity index (χ1n) is 6.12. The second kappa shape index (κ2) is 5.51. The van der Waals surface area contributed by atoms with Crippen LogP contribution in [0.1, 0.15) is 31.2 Å². The summed E-state index contributed by atoms with van der Waals surface area (Å²) in [5.41, 5.74) is 0.187. The molecule has 0 unspecified atom stereocenters. The molecule has 5 heteroatoms. The molecule has 1 aromatic carbocycles. The number of hydrogen-bond donors (Lipinski definition) is 1. The summed E-state index contributed by atoms with van der Waals surface area (Å²) in [6, 6.07) is 8.16. The van der Waals surface area contributed by atoms with Gasteiger partial charge in [0.2, 0.25) is 10.0 Å². The third-order valence-electron chi connectivity index (χ3n) is 3.08. The van der Waals surface area contributed by atoms with Gasteiger partial charge < -0.3 is 0 Å². The summed E-state index contributed by atoms with van der Waals surface area (Å²) in [4.78, 5) is 0.0684. The maximum Gasteiger partial charge on any atom is 0.241 e. The van der Waals surface area contributed by atoms with E-state index < -0.39 is 10.0 Å². The first kappa shape index (κ1) is 13.1. The molecule has 0 heterocycles. The van der Waals surface area contributed by atoms with Gasteiger partial charge in [-0.2, -0.15) is 5.26 Å². The monoisotopic (exact) mass is 264 g/mol. The fourth-order valence-corrected chi connectivity index (χ4v) is 3.10. The van der Waals surface area contributed by atoms with E-state index in [9.17, 15) is 8.42 Å². The van der Waals surface area contributed by atoms with Crippen LogP contribution >= 0.6 is 0 Å². The van der Waals surface area contributed by atoms with E-state index in [1.165, 1.54) is 25.0 Å². The smallest absolute Gasteiger partial charge is 0.211 e. The molecule has 0 radical (unpaired) electrons. The first-order valence-corrected chi connectivity index (χ1v) is 7.60. The molecule has 4 nitrogen and oxygen atoms in total. The molecule has 1 aliphatic carbocycles. The maximum atomic E-state index is 12.0. The summed E-state index contributed by atoms with van der Waals surface area (Å²) in [6.45, 7) is 0.443. The molecule has 1 saturated carbocycles. The summed E-state index contributed by atoms with van der Waals surface area (Å²) >= 11 is 0. The van der Waals surface area contributed by atoms with Gasteiger partial charge in [-0.1, -0.05) is 25.0 Å². The standard InChI is InChI=1S/C13H16N2O2S/c14-10-12-5-1-2-6-13(12)18(16,17)15-9-3-4-11-7-8-11/h1-2,5-6,11,15H,3-4,7-9H2. The SMILES string of the molecule is N#Cc1ccccc1S(=O)(=O)NCCCC1CC1. The molecule has 0 amide bonds. The summed E-state index contributed by atoms with van der Waals surface area (Å²) in [5, 5.41) is 8.89. The van der Waals surface area contributed by atoms with Crippen molar-refractivity contribution in [1.29, 1.82) is 5.26 Å². The maximum absolute atomic E-state index is 12.0. The summed E-state index contributed by atoms with van der Waals surface area (Å²) in [6.07, 6.45) is 4.51. The van der Waals surface area contributed by atoms with Gasteiger partial charge in [0, 0.05) is 6.54 Å². The van der Waals surface area contributed by atoms with Crippen molar-refractivity contribution in [2.45, 2.75) is 30.6 Å². The Labute approximate surface area is 108 Å². The zero-order valence-electron chi connectivity index (χ0n) is 10.1. The summed E-state index contributed by atoms with van der Waals surface area (Å²) in [5.74, 6) is 0.806. The van der Waals surface area contributed by atoms with E-state index in [1.54, 1.807) is 12.1 Å². The van der Waals surface area contributed by atoms with Crippen molar-refractivity contribution in [1.82, 2.24) is 4.72 Å². The zero-order valence-corrected chi connectivity index (χ0v) is 10.9. The summed E-state index contributed by atoms with van der Waals surface area (Å²) < 4.78 is 26.6. The minimum atomic E-state index is -3.55. The van der Waals surface area contributed by atoms with Crippen molar-refractivity contribution < 1.29 is 8.42 Å². The highest BCUT2D eigenvalue weighted by molar-refractivity contribution is 7.89. The number of hydrogen-bond acceptors (Lipinski definition) is 3. The lowest BCUT2D eigenvalue weighted by Crippen LogP contribution is -2.25. The molecule has 96 valence electrons. The van der Waals surface area contributed by atoms with Crippen molar-refractivity contribution in [3.05, 3.63) is 29.8 Å². The van der Waals surface area contributed by atoms with E-state index in [0.29, 0.717) is 6.54 Å². The molecule has 0 aliphatic heterocycles. The first-order chi connectivity index (χ1) is 8.63. The van der Waals surface area contributed by atoms with Crippen LogP contribution in [-0.2, 0) is 10.0 Å². The lowest BCUT2D eigenvalue weighted by atomic mass is 10.2. The van der Waals surface area contributed by atoms with Gasteiger partial charge in [0.05, 0.1) is 10.5 Å². The average molecular weight is 264 g/mol. The Morgan fingerprint density at radius 2 is 2.06 bits per heavy atom. The van der Waals surface area contributed by atoms with E-state index in [1.807, 2.05) is 6.07 Å². The molecular weight excluding hydrogens is 248 g/mol. The Morgan fingerprint density at radius 3 is 2.72 bits per heavy atom. The highest BCUT2D eigenvalue weighted by Crippen LogP contribution is 2.33. The largest absolute Gasteiger partial charge is 0.241 e. The topological polar surface area (TPSA) is 70.0 Å². The molecule has 18 heavy (non-hydrogen) atoms. The normalized spacial score (nSPS) is 15.3. The predicted octanol–water partition coefficient (Wildman–Crippen LogP) is 2.03. The average Bonchev–Trinajstić information content (AvgIpc) is 3.19. The fourth-order valence-electron chi connectivity index (χ4n) is 1.87. The van der Waals surface area contributed by atoms with E-state index >= 15 is 0 Å². The van der Waals surface area contributed by atoms with Gasteiger partial charge in [-0.3, -0.25) is 0 Å². The molecule has 0 saturated heterocycles. The van der Waals surface area contributed by atoms with Gasteiger partial charge in [-0.05, 0) is 30.9 Å². The van der Waals surface area contributed by atoms with Crippen LogP contribution in [0.15, 0.2) is 29.2 Å². The Bertz CT molecular complexity index is 557. The zero-order chi connectivity index (χ0) is 13.0. The van der Waals surface area contributed by atoms with Crippen LogP contribution in [0.2, 0.25) is 0 Å². The number of sulfonamides is 1. The predicted molar refractivity (Wildman–Crippen MR) is 68.3 cm³/mol. The molecule has 1 fully saturated rings. The molecule has 2 rings (SSSR count). The van der Waals surface area contributed by atoms with Gasteiger partial charge in [0.25, 0.3) is 0 Å². The van der Waals surface area contributed by atoms with Crippen LogP contribution in [0, 0.1) is 17.2 Å². The number of nitriles is 1. The van der Waals surface area contributed by atoms with Gasteiger partial charge in [-0.15, -0.1) is 0 Å². The van der Waals surface area contributed by atoms with E-state index in [2.05, 4.69) is 4.72 Å². The molecule has 0 atom stereocenters. The minimum Gasteiger partial charge on any atom is -0.211 e. The van der Waals surface area contributed by atoms with Gasteiger partial charge in [-0.25, -0.2) is 13.1 Å². The molecule has 0 aromatic heterocycles. The van der Waals surface area contributed by atoms with Crippen LogP contribution in [-0.4, -0.2) is 15.0 Å². The Kier molecular flexibility index (Phi) is 4.00. The quantitative estimate of drug-likeness (QED) is 0.799. The molecule has 1 aliphatic rings. The van der Waals surface area contributed by atoms with Crippen LogP contribution in [0.5, 0.6) is 0 Å². The van der Waals surface area contributed by atoms with Crippen LogP contribution in [0.4, 0.5) is 0 Å². The highest BCUT2D eigenvalue weighted by Gasteiger charge is 2.21. The lowest BCUT2D eigenvalue weighted by molar-refractivity contribution is 0.572. The third-order valence-corrected chi connectivity index (χ3v) is 4.59. The van der Waals surface area contributed by atoms with Crippen molar-refractivity contribution in [3.63, 3.8) is 0 Å². The molecule has 0 bridgehead atoms. The van der Waals surface area contributed by atoms with Crippen LogP contribution < -0.4 is 4.72 Å². The van der Waals surface area contributed by atoms with Crippen molar-refractivity contribution in [3.8, 4) is 6.07 Å². The highest BCUT2D eigenvalue weighted by atomic mass is 32.2. The second-order valence-electron chi connectivity index (χ2n) is 4.59. The lowest BCUT2D eigenvalue weighted by Gasteiger charge is -2.07. The summed E-state index contributed by atoms with van der Waals surface area (Å²) in [7, 11) is -3.55. The van der Waals surface area contributed by atoms with E-state index in [0.717, 1.165) is 18.8 Å². The number of nitrogens with zero attached hydrogens (tertiary/aromatic N) is 1. The minimum absolute atomic E-state index is 0.0684. The Balaban J connectivity index is 1.98. The number of rotatable bonds is 6. The van der Waals surface area contributed by atoms with Gasteiger partial charge in [0.1, 0.15) is 6.07 Å². The molecular formula is C13H16N2O2S. The number of benzene rings is 1. The number of nitrogens with one attached hydrogen (secondary N) is 1. The fraction of sp³-hybridized carbons (Fsp3) is 0.462. The Morgan fingerprint density at radius 1 is 1.33 bits per heavy atom. The Hall–Kier alpha value is -1.38. The van der Waals surface area contributed by atoms with Crippen molar-refractivity contribution in [2.24, 2.45) is 5.92 Å². The van der Waals surface area contributed by atoms with E-state index in [4.69, 9.17) is 5.26 Å². The molecule has 0 spiro atoms.